The number of nitrogens with zero attached hydrogens (tertiary/aromatic N) is 1. The molecule has 0 saturated heterocycles. The average molecular weight is 395 g/mol. The number of methoxy groups -OCH3 is 1. The Labute approximate surface area is 129 Å². The number of rotatable bonds is 5. The first-order valence-electron chi connectivity index (χ1n) is 5.33. The van der Waals surface area contributed by atoms with E-state index in [0.717, 1.165) is 27.9 Å². The number of benzene rings is 1. The summed E-state index contributed by atoms with van der Waals surface area (Å²) in [5.41, 5.74) is 0.980. The third-order valence-electron chi connectivity index (χ3n) is 2.40. The number of ether oxygens (including phenoxy) is 1. The van der Waals surface area contributed by atoms with Crippen LogP contribution in [-0.2, 0) is 13.1 Å². The lowest BCUT2D eigenvalue weighted by atomic mass is 10.2. The Morgan fingerprint density at radius 2 is 2.28 bits per heavy atom. The van der Waals surface area contributed by atoms with E-state index < -0.39 is 0 Å². The monoisotopic (exact) mass is 394 g/mol. The van der Waals surface area contributed by atoms with E-state index in [0.29, 0.717) is 6.54 Å². The molecule has 0 bridgehead atoms. The lowest BCUT2D eigenvalue weighted by Gasteiger charge is -2.10. The SMILES string of the molecule is COc1cccc(Cl)c1CNCc1ncc(I)s1. The van der Waals surface area contributed by atoms with Crippen LogP contribution >= 0.6 is 45.5 Å². The van der Waals surface area contributed by atoms with Crippen molar-refractivity contribution in [1.29, 1.82) is 0 Å². The summed E-state index contributed by atoms with van der Waals surface area (Å²) in [7, 11) is 1.65. The molecule has 0 amide bonds. The Morgan fingerprint density at radius 1 is 1.44 bits per heavy atom. The highest BCUT2D eigenvalue weighted by Crippen LogP contribution is 2.26. The van der Waals surface area contributed by atoms with Gasteiger partial charge in [0, 0.05) is 23.7 Å². The molecule has 1 aromatic heterocycles. The van der Waals surface area contributed by atoms with Crippen LogP contribution in [0.1, 0.15) is 10.6 Å². The maximum absolute atomic E-state index is 6.16. The Morgan fingerprint density at radius 3 is 2.94 bits per heavy atom. The molecule has 0 fully saturated rings. The predicted molar refractivity (Wildman–Crippen MR) is 83.4 cm³/mol. The van der Waals surface area contributed by atoms with Gasteiger partial charge >= 0.3 is 0 Å². The zero-order valence-electron chi connectivity index (χ0n) is 9.74. The predicted octanol–water partition coefficient (Wildman–Crippen LogP) is 3.70. The molecule has 0 saturated carbocycles. The van der Waals surface area contributed by atoms with Crippen molar-refractivity contribution in [3.63, 3.8) is 0 Å². The molecule has 18 heavy (non-hydrogen) atoms. The number of hydrogen-bond donors (Lipinski definition) is 1. The van der Waals surface area contributed by atoms with Crippen molar-refractivity contribution in [2.75, 3.05) is 7.11 Å². The second-order valence-corrected chi connectivity index (χ2v) is 7.00. The van der Waals surface area contributed by atoms with E-state index in [1.165, 1.54) is 2.88 Å². The summed E-state index contributed by atoms with van der Waals surface area (Å²) in [6.45, 7) is 1.40. The lowest BCUT2D eigenvalue weighted by molar-refractivity contribution is 0.407. The number of nitrogens with one attached hydrogen (secondary N) is 1. The van der Waals surface area contributed by atoms with Crippen LogP contribution in [0, 0.1) is 2.88 Å². The second kappa shape index (κ2) is 6.70. The van der Waals surface area contributed by atoms with E-state index >= 15 is 0 Å². The third-order valence-corrected chi connectivity index (χ3v) is 4.48. The summed E-state index contributed by atoms with van der Waals surface area (Å²) in [6.07, 6.45) is 1.87. The highest BCUT2D eigenvalue weighted by atomic mass is 127. The van der Waals surface area contributed by atoms with E-state index in [-0.39, 0.29) is 0 Å². The van der Waals surface area contributed by atoms with Crippen molar-refractivity contribution in [1.82, 2.24) is 10.3 Å². The van der Waals surface area contributed by atoms with Crippen molar-refractivity contribution < 1.29 is 4.74 Å². The standard InChI is InChI=1S/C12H12ClIN2OS/c1-17-10-4-2-3-9(13)8(10)5-15-7-12-16-6-11(14)18-12/h2-4,6,15H,5,7H2,1H3. The minimum atomic E-state index is 0.666. The van der Waals surface area contributed by atoms with E-state index in [2.05, 4.69) is 32.9 Å². The molecular weight excluding hydrogens is 383 g/mol. The smallest absolute Gasteiger partial charge is 0.124 e. The first-order chi connectivity index (χ1) is 8.70. The Bertz CT molecular complexity index is 533. The van der Waals surface area contributed by atoms with Gasteiger partial charge < -0.3 is 10.1 Å². The number of hydrogen-bond acceptors (Lipinski definition) is 4. The van der Waals surface area contributed by atoms with Gasteiger partial charge in [0.25, 0.3) is 0 Å². The van der Waals surface area contributed by atoms with Crippen LogP contribution in [0.4, 0.5) is 0 Å². The molecule has 96 valence electrons. The molecular formula is C12H12ClIN2OS. The molecule has 0 atom stereocenters. The van der Waals surface area contributed by atoms with Crippen LogP contribution < -0.4 is 10.1 Å². The average Bonchev–Trinajstić information content (AvgIpc) is 2.77. The molecule has 2 aromatic rings. The highest BCUT2D eigenvalue weighted by Gasteiger charge is 2.07. The molecule has 1 N–H and O–H groups in total. The van der Waals surface area contributed by atoms with Crippen molar-refractivity contribution in [3.8, 4) is 5.75 Å². The van der Waals surface area contributed by atoms with Gasteiger partial charge in [-0.05, 0) is 34.7 Å². The zero-order chi connectivity index (χ0) is 13.0. The molecule has 0 aliphatic carbocycles. The van der Waals surface area contributed by atoms with Crippen molar-refractivity contribution in [3.05, 3.63) is 42.9 Å². The summed E-state index contributed by atoms with van der Waals surface area (Å²) < 4.78 is 6.49. The molecule has 1 aromatic carbocycles. The van der Waals surface area contributed by atoms with Gasteiger partial charge in [0.15, 0.2) is 0 Å². The fourth-order valence-electron chi connectivity index (χ4n) is 1.57. The first kappa shape index (κ1) is 14.0. The van der Waals surface area contributed by atoms with Crippen molar-refractivity contribution in [2.45, 2.75) is 13.1 Å². The van der Waals surface area contributed by atoms with Gasteiger partial charge in [0.05, 0.1) is 16.2 Å². The van der Waals surface area contributed by atoms with Gasteiger partial charge in [-0.1, -0.05) is 17.7 Å². The van der Waals surface area contributed by atoms with E-state index in [4.69, 9.17) is 16.3 Å². The first-order valence-corrected chi connectivity index (χ1v) is 7.60. The highest BCUT2D eigenvalue weighted by molar-refractivity contribution is 14.1. The molecule has 0 unspecified atom stereocenters. The Balaban J connectivity index is 1.98. The Kier molecular flexibility index (Phi) is 5.23. The molecule has 0 aliphatic rings. The maximum Gasteiger partial charge on any atom is 0.124 e. The second-order valence-electron chi connectivity index (χ2n) is 3.58. The van der Waals surface area contributed by atoms with Crippen LogP contribution in [0.15, 0.2) is 24.4 Å². The van der Waals surface area contributed by atoms with Crippen LogP contribution in [-0.4, -0.2) is 12.1 Å². The fraction of sp³-hybridized carbons (Fsp3) is 0.250. The van der Waals surface area contributed by atoms with Crippen LogP contribution in [0.3, 0.4) is 0 Å². The van der Waals surface area contributed by atoms with Gasteiger partial charge in [-0.2, -0.15) is 0 Å². The maximum atomic E-state index is 6.16. The van der Waals surface area contributed by atoms with E-state index in [1.807, 2.05) is 24.4 Å². The molecule has 0 aliphatic heterocycles. The van der Waals surface area contributed by atoms with Gasteiger partial charge in [0.2, 0.25) is 0 Å². The van der Waals surface area contributed by atoms with Crippen LogP contribution in [0.2, 0.25) is 5.02 Å². The molecule has 3 nitrogen and oxygen atoms in total. The number of thiazole rings is 1. The summed E-state index contributed by atoms with van der Waals surface area (Å²) in [5, 5.41) is 5.12. The molecule has 0 radical (unpaired) electrons. The number of aromatic nitrogens is 1. The van der Waals surface area contributed by atoms with Gasteiger partial charge in [-0.3, -0.25) is 0 Å². The molecule has 6 heteroatoms. The van der Waals surface area contributed by atoms with Crippen molar-refractivity contribution >= 4 is 45.5 Å². The van der Waals surface area contributed by atoms with E-state index in [1.54, 1.807) is 18.4 Å². The normalized spacial score (nSPS) is 10.6. The fourth-order valence-corrected chi connectivity index (χ4v) is 3.31. The summed E-state index contributed by atoms with van der Waals surface area (Å²) >= 11 is 10.1. The van der Waals surface area contributed by atoms with Gasteiger partial charge in [0.1, 0.15) is 10.8 Å². The Hall–Kier alpha value is -0.370. The summed E-state index contributed by atoms with van der Waals surface area (Å²) in [5.74, 6) is 0.809. The van der Waals surface area contributed by atoms with E-state index in [9.17, 15) is 0 Å². The zero-order valence-corrected chi connectivity index (χ0v) is 13.5. The minimum absolute atomic E-state index is 0.666. The summed E-state index contributed by atoms with van der Waals surface area (Å²) in [6, 6.07) is 5.66. The number of halogens is 2. The van der Waals surface area contributed by atoms with Crippen LogP contribution in [0.5, 0.6) is 5.75 Å². The molecule has 0 spiro atoms. The molecule has 1 heterocycles. The largest absolute Gasteiger partial charge is 0.496 e. The topological polar surface area (TPSA) is 34.1 Å². The molecule has 2 rings (SSSR count). The lowest BCUT2D eigenvalue weighted by Crippen LogP contribution is -2.13. The van der Waals surface area contributed by atoms with Crippen molar-refractivity contribution in [2.24, 2.45) is 0 Å². The third kappa shape index (κ3) is 3.57. The van der Waals surface area contributed by atoms with Crippen LogP contribution in [0.25, 0.3) is 0 Å². The van der Waals surface area contributed by atoms with Gasteiger partial charge in [-0.25, -0.2) is 4.98 Å². The minimum Gasteiger partial charge on any atom is -0.496 e. The summed E-state index contributed by atoms with van der Waals surface area (Å²) in [4.78, 5) is 4.30. The quantitative estimate of drug-likeness (QED) is 0.785. The van der Waals surface area contributed by atoms with Gasteiger partial charge in [-0.15, -0.1) is 11.3 Å².